The summed E-state index contributed by atoms with van der Waals surface area (Å²) in [6.45, 7) is 6.08. The normalized spacial score (nSPS) is 18.1. The van der Waals surface area contributed by atoms with Crippen molar-refractivity contribution in [2.75, 3.05) is 51.5 Å². The predicted octanol–water partition coefficient (Wildman–Crippen LogP) is 7.20. The van der Waals surface area contributed by atoms with Gasteiger partial charge < -0.3 is 33.9 Å². The van der Waals surface area contributed by atoms with Crippen LogP contribution in [-0.4, -0.2) is 93.8 Å². The Balaban J connectivity index is 1.08. The van der Waals surface area contributed by atoms with Crippen LogP contribution >= 0.6 is 0 Å². The van der Waals surface area contributed by atoms with Gasteiger partial charge in [0.05, 0.1) is 11.1 Å². The summed E-state index contributed by atoms with van der Waals surface area (Å²) in [7, 11) is 2.16. The number of piperazine rings is 1. The maximum atomic E-state index is 15.3. The van der Waals surface area contributed by atoms with Crippen LogP contribution in [0.5, 0.6) is 17.2 Å². The Hall–Kier alpha value is -6.04. The van der Waals surface area contributed by atoms with E-state index in [-0.39, 0.29) is 30.4 Å². The number of phenols is 1. The average Bonchev–Trinajstić information content (AvgIpc) is 4.00. The van der Waals surface area contributed by atoms with Gasteiger partial charge in [0.2, 0.25) is 6.79 Å². The quantitative estimate of drug-likeness (QED) is 0.177. The van der Waals surface area contributed by atoms with E-state index in [9.17, 15) is 5.11 Å². The minimum absolute atomic E-state index is 0.0105. The Morgan fingerprint density at radius 3 is 2.42 bits per heavy atom. The monoisotopic (exact) mass is 762 g/mol. The molecule has 0 unspecified atom stereocenters. The molecular weight excluding hydrogens is 717 g/mol. The minimum Gasteiger partial charge on any atom is -0.508 e. The van der Waals surface area contributed by atoms with Crippen LogP contribution in [0.2, 0.25) is 0 Å². The SMILES string of the molecule is CN1CCN(C[C@@H]2Cc3ccccc3CN2C(=O)c2cc3c(cc2-c2cc(C(=O)N(c4ccc(O)cc4)c4ccc5[nH]ccc5c4)c4n2CCCC4)OCO3)CC1. The van der Waals surface area contributed by atoms with Crippen molar-refractivity contribution < 1.29 is 24.2 Å². The van der Waals surface area contributed by atoms with Crippen LogP contribution in [0.15, 0.2) is 97.2 Å². The zero-order valence-electron chi connectivity index (χ0n) is 32.1. The number of nitrogens with one attached hydrogen (secondary N) is 1. The molecule has 0 saturated carbocycles. The van der Waals surface area contributed by atoms with E-state index in [0.717, 1.165) is 92.8 Å². The van der Waals surface area contributed by atoms with Crippen molar-refractivity contribution in [2.45, 2.75) is 44.8 Å². The number of benzene rings is 4. The van der Waals surface area contributed by atoms with Crippen LogP contribution in [0.4, 0.5) is 11.4 Å². The smallest absolute Gasteiger partial charge is 0.264 e. The van der Waals surface area contributed by atoms with Crippen LogP contribution in [-0.2, 0) is 25.9 Å². The summed E-state index contributed by atoms with van der Waals surface area (Å²) in [6.07, 6.45) is 5.31. The van der Waals surface area contributed by atoms with Crippen molar-refractivity contribution >= 4 is 34.1 Å². The van der Waals surface area contributed by atoms with Crippen molar-refractivity contribution in [1.82, 2.24) is 24.3 Å². The molecule has 6 heterocycles. The molecule has 4 aliphatic rings. The number of hydrogen-bond acceptors (Lipinski definition) is 7. The zero-order chi connectivity index (χ0) is 38.6. The van der Waals surface area contributed by atoms with Gasteiger partial charge in [-0.15, -0.1) is 0 Å². The molecule has 0 spiro atoms. The number of phenolic OH excluding ortho intramolecular Hbond substituents is 1. The number of rotatable bonds is 7. The summed E-state index contributed by atoms with van der Waals surface area (Å²) in [5.74, 6) is 1.03. The van der Waals surface area contributed by atoms with E-state index >= 15 is 9.59 Å². The summed E-state index contributed by atoms with van der Waals surface area (Å²) in [5, 5.41) is 11.2. The molecule has 4 aromatic carbocycles. The van der Waals surface area contributed by atoms with E-state index in [1.165, 1.54) is 11.1 Å². The molecule has 0 radical (unpaired) electrons. The minimum atomic E-state index is -0.180. The number of aromatic amines is 1. The maximum Gasteiger partial charge on any atom is 0.264 e. The summed E-state index contributed by atoms with van der Waals surface area (Å²) < 4.78 is 14.1. The third-order valence-corrected chi connectivity index (χ3v) is 12.3. The third-order valence-electron chi connectivity index (χ3n) is 12.3. The fraction of sp³-hybridized carbons (Fsp3) is 0.304. The standard InChI is InChI=1S/C46H46N6O5/c1-48-18-20-49(21-19-48)28-35-22-30-6-2-3-7-32(30)27-51(35)45(54)38-26-44-43(56-29-57-44)25-37(38)42-24-39(41-8-4-5-17-50(41)42)46(55)52(33-9-12-36(53)13-10-33)34-11-14-40-31(23-34)15-16-47-40/h2-3,6-7,9-16,23-26,35,47,53H,4-5,8,17-22,27-29H2,1H3/t35-/m0/s1. The number of likely N-dealkylation sites (N-methyl/N-ethyl adjacent to an activating group) is 1. The molecule has 57 heavy (non-hydrogen) atoms. The molecule has 11 heteroatoms. The second-order valence-corrected chi connectivity index (χ2v) is 15.8. The predicted molar refractivity (Wildman–Crippen MR) is 220 cm³/mol. The first-order chi connectivity index (χ1) is 27.9. The van der Waals surface area contributed by atoms with Crippen LogP contribution in [0.25, 0.3) is 22.2 Å². The highest BCUT2D eigenvalue weighted by Crippen LogP contribution is 2.43. The fourth-order valence-electron chi connectivity index (χ4n) is 9.17. The number of anilines is 2. The molecule has 6 aromatic rings. The van der Waals surface area contributed by atoms with Gasteiger partial charge in [-0.25, -0.2) is 0 Å². The number of hydrogen-bond donors (Lipinski definition) is 2. The molecule has 1 fully saturated rings. The second kappa shape index (κ2) is 14.5. The van der Waals surface area contributed by atoms with Gasteiger partial charge in [0.1, 0.15) is 5.75 Å². The lowest BCUT2D eigenvalue weighted by molar-refractivity contribution is 0.0536. The fourth-order valence-corrected chi connectivity index (χ4v) is 9.17. The van der Waals surface area contributed by atoms with Gasteiger partial charge in [0.25, 0.3) is 11.8 Å². The molecule has 1 atom stereocenters. The lowest BCUT2D eigenvalue weighted by Gasteiger charge is -2.41. The topological polar surface area (TPSA) is 107 Å². The molecule has 2 aromatic heterocycles. The van der Waals surface area contributed by atoms with Crippen molar-refractivity contribution in [3.8, 4) is 28.5 Å². The maximum absolute atomic E-state index is 15.3. The highest BCUT2D eigenvalue weighted by atomic mass is 16.7. The van der Waals surface area contributed by atoms with Gasteiger partial charge in [-0.2, -0.15) is 0 Å². The first-order valence-electron chi connectivity index (χ1n) is 20.0. The molecular formula is C46H46N6O5. The van der Waals surface area contributed by atoms with Crippen LogP contribution in [0.3, 0.4) is 0 Å². The number of ether oxygens (including phenoxy) is 2. The lowest BCUT2D eigenvalue weighted by Crippen LogP contribution is -2.53. The molecule has 10 rings (SSSR count). The average molecular weight is 763 g/mol. The van der Waals surface area contributed by atoms with Crippen molar-refractivity contribution in [1.29, 1.82) is 0 Å². The molecule has 0 bridgehead atoms. The number of aromatic nitrogens is 2. The number of amides is 2. The second-order valence-electron chi connectivity index (χ2n) is 15.8. The Kier molecular flexibility index (Phi) is 8.98. The highest BCUT2D eigenvalue weighted by molar-refractivity contribution is 6.13. The first-order valence-corrected chi connectivity index (χ1v) is 20.0. The molecule has 2 amide bonds. The number of nitrogens with zero attached hydrogens (tertiary/aromatic N) is 5. The Morgan fingerprint density at radius 1 is 0.825 bits per heavy atom. The third kappa shape index (κ3) is 6.50. The molecule has 1 saturated heterocycles. The van der Waals surface area contributed by atoms with E-state index in [4.69, 9.17) is 9.47 Å². The number of H-pyrrole nitrogens is 1. The molecule has 11 nitrogen and oxygen atoms in total. The van der Waals surface area contributed by atoms with Crippen LogP contribution in [0.1, 0.15) is 50.4 Å². The van der Waals surface area contributed by atoms with Gasteiger partial charge in [0.15, 0.2) is 11.5 Å². The number of fused-ring (bicyclic) bond motifs is 4. The van der Waals surface area contributed by atoms with Crippen molar-refractivity contribution in [2.24, 2.45) is 0 Å². The van der Waals surface area contributed by atoms with Crippen LogP contribution in [0, 0.1) is 0 Å². The molecule has 0 aliphatic carbocycles. The summed E-state index contributed by atoms with van der Waals surface area (Å²) >= 11 is 0. The molecule has 290 valence electrons. The van der Waals surface area contributed by atoms with E-state index in [1.54, 1.807) is 29.2 Å². The van der Waals surface area contributed by atoms with Gasteiger partial charge in [-0.3, -0.25) is 19.4 Å². The van der Waals surface area contributed by atoms with E-state index in [0.29, 0.717) is 40.5 Å². The Bertz CT molecular complexity index is 2500. The number of aromatic hydroxyl groups is 1. The molecule has 2 N–H and O–H groups in total. The summed E-state index contributed by atoms with van der Waals surface area (Å²) in [5.41, 5.74) is 8.41. The summed E-state index contributed by atoms with van der Waals surface area (Å²) in [6, 6.07) is 28.9. The molecule has 4 aliphatic heterocycles. The van der Waals surface area contributed by atoms with Crippen LogP contribution < -0.4 is 14.4 Å². The van der Waals surface area contributed by atoms with Gasteiger partial charge in [0, 0.05) is 97.3 Å². The van der Waals surface area contributed by atoms with E-state index in [2.05, 4.69) is 55.6 Å². The Labute approximate surface area is 331 Å². The number of carbonyl (C=O) groups excluding carboxylic acids is 2. The highest BCUT2D eigenvalue weighted by Gasteiger charge is 2.36. The number of carbonyl (C=O) groups is 2. The van der Waals surface area contributed by atoms with Gasteiger partial charge in [-0.05, 0) is 111 Å². The largest absolute Gasteiger partial charge is 0.508 e. The first kappa shape index (κ1) is 35.4. The lowest BCUT2D eigenvalue weighted by atomic mass is 9.92. The van der Waals surface area contributed by atoms with E-state index in [1.807, 2.05) is 48.7 Å². The van der Waals surface area contributed by atoms with Gasteiger partial charge >= 0.3 is 0 Å². The van der Waals surface area contributed by atoms with Crippen molar-refractivity contribution in [3.05, 3.63) is 125 Å². The van der Waals surface area contributed by atoms with Crippen molar-refractivity contribution in [3.63, 3.8) is 0 Å². The van der Waals surface area contributed by atoms with E-state index < -0.39 is 0 Å². The zero-order valence-corrected chi connectivity index (χ0v) is 32.1. The summed E-state index contributed by atoms with van der Waals surface area (Å²) in [4.78, 5) is 42.4. The van der Waals surface area contributed by atoms with Gasteiger partial charge in [-0.1, -0.05) is 24.3 Å². The Morgan fingerprint density at radius 2 is 1.60 bits per heavy atom.